The van der Waals surface area contributed by atoms with Crippen molar-refractivity contribution >= 4 is 38.6 Å². The number of nitrogens with zero attached hydrogens (tertiary/aromatic N) is 2. The van der Waals surface area contributed by atoms with Crippen molar-refractivity contribution in [2.45, 2.75) is 13.5 Å². The van der Waals surface area contributed by atoms with Crippen LogP contribution in [-0.4, -0.2) is 9.91 Å². The lowest BCUT2D eigenvalue weighted by Crippen LogP contribution is -1.98. The molecule has 0 aliphatic carbocycles. The van der Waals surface area contributed by atoms with Crippen molar-refractivity contribution in [3.8, 4) is 0 Å². The van der Waals surface area contributed by atoms with Gasteiger partial charge in [-0.15, -0.1) is 11.3 Å². The fraction of sp³-hybridized carbons (Fsp3) is 0.182. The molecular weight excluding hydrogens is 318 g/mol. The fourth-order valence-corrected chi connectivity index (χ4v) is 2.70. The summed E-state index contributed by atoms with van der Waals surface area (Å²) in [5.41, 5.74) is 0.896. The summed E-state index contributed by atoms with van der Waals surface area (Å²) in [6.45, 7) is 2.62. The Morgan fingerprint density at radius 3 is 2.89 bits per heavy atom. The molecule has 1 heterocycles. The van der Waals surface area contributed by atoms with Gasteiger partial charge in [0, 0.05) is 22.8 Å². The van der Waals surface area contributed by atoms with E-state index in [1.807, 2.05) is 13.1 Å². The first-order valence-electron chi connectivity index (χ1n) is 5.15. The van der Waals surface area contributed by atoms with E-state index in [0.717, 1.165) is 15.6 Å². The van der Waals surface area contributed by atoms with Crippen molar-refractivity contribution in [1.29, 1.82) is 0 Å². The van der Waals surface area contributed by atoms with Gasteiger partial charge in [0.1, 0.15) is 0 Å². The number of hydrogen-bond acceptors (Lipinski definition) is 5. The van der Waals surface area contributed by atoms with Gasteiger partial charge in [-0.05, 0) is 35.0 Å². The van der Waals surface area contributed by atoms with Crippen molar-refractivity contribution in [3.63, 3.8) is 0 Å². The maximum atomic E-state index is 10.7. The van der Waals surface area contributed by atoms with Crippen LogP contribution in [0.5, 0.6) is 0 Å². The Morgan fingerprint density at radius 2 is 2.33 bits per heavy atom. The van der Waals surface area contributed by atoms with Crippen molar-refractivity contribution in [3.05, 3.63) is 48.9 Å². The van der Waals surface area contributed by atoms with E-state index in [1.165, 1.54) is 6.07 Å². The van der Waals surface area contributed by atoms with Gasteiger partial charge < -0.3 is 5.32 Å². The molecule has 0 radical (unpaired) electrons. The SMILES string of the molecule is Cc1ncc(CNc2ccc([N+](=O)[O-])c(Br)c2)s1. The zero-order valence-electron chi connectivity index (χ0n) is 9.51. The Bertz CT molecular complexity index is 585. The minimum absolute atomic E-state index is 0.0641. The molecule has 1 aromatic heterocycles. The third-order valence-corrected chi connectivity index (χ3v) is 3.83. The van der Waals surface area contributed by atoms with E-state index >= 15 is 0 Å². The van der Waals surface area contributed by atoms with Crippen LogP contribution in [0.25, 0.3) is 0 Å². The highest BCUT2D eigenvalue weighted by atomic mass is 79.9. The lowest BCUT2D eigenvalue weighted by molar-refractivity contribution is -0.385. The maximum absolute atomic E-state index is 10.7. The summed E-state index contributed by atoms with van der Waals surface area (Å²) in [4.78, 5) is 15.5. The van der Waals surface area contributed by atoms with Gasteiger partial charge in [0.05, 0.1) is 20.9 Å². The molecule has 0 atom stereocenters. The number of nitro groups is 1. The van der Waals surface area contributed by atoms with Crippen LogP contribution in [0.3, 0.4) is 0 Å². The van der Waals surface area contributed by atoms with Crippen LogP contribution in [0.2, 0.25) is 0 Å². The second kappa shape index (κ2) is 5.45. The Balaban J connectivity index is 2.06. The quantitative estimate of drug-likeness (QED) is 0.686. The van der Waals surface area contributed by atoms with Crippen molar-refractivity contribution in [1.82, 2.24) is 4.98 Å². The number of benzene rings is 1. The number of nitrogens with one attached hydrogen (secondary N) is 1. The van der Waals surface area contributed by atoms with Gasteiger partial charge >= 0.3 is 0 Å². The lowest BCUT2D eigenvalue weighted by Gasteiger charge is -2.05. The fourth-order valence-electron chi connectivity index (χ4n) is 1.44. The van der Waals surface area contributed by atoms with Crippen molar-refractivity contribution in [2.75, 3.05) is 5.32 Å². The first kappa shape index (κ1) is 13.0. The van der Waals surface area contributed by atoms with Crippen LogP contribution in [0, 0.1) is 17.0 Å². The molecule has 0 saturated heterocycles. The Morgan fingerprint density at radius 1 is 1.56 bits per heavy atom. The van der Waals surface area contributed by atoms with E-state index in [1.54, 1.807) is 23.5 Å². The van der Waals surface area contributed by atoms with Crippen LogP contribution in [-0.2, 0) is 6.54 Å². The zero-order chi connectivity index (χ0) is 13.1. The third-order valence-electron chi connectivity index (χ3n) is 2.28. The van der Waals surface area contributed by atoms with Gasteiger partial charge in [0.2, 0.25) is 0 Å². The molecule has 2 rings (SSSR count). The van der Waals surface area contributed by atoms with Gasteiger partial charge in [0.25, 0.3) is 5.69 Å². The average molecular weight is 328 g/mol. The number of rotatable bonds is 4. The largest absolute Gasteiger partial charge is 0.380 e. The molecule has 0 fully saturated rings. The summed E-state index contributed by atoms with van der Waals surface area (Å²) in [6.07, 6.45) is 1.83. The summed E-state index contributed by atoms with van der Waals surface area (Å²) >= 11 is 4.81. The molecule has 1 N–H and O–H groups in total. The number of hydrogen-bond donors (Lipinski definition) is 1. The molecule has 1 aromatic carbocycles. The van der Waals surface area contributed by atoms with Crippen LogP contribution in [0.4, 0.5) is 11.4 Å². The molecule has 2 aromatic rings. The van der Waals surface area contributed by atoms with Crippen LogP contribution >= 0.6 is 27.3 Å². The smallest absolute Gasteiger partial charge is 0.283 e. The second-order valence-electron chi connectivity index (χ2n) is 3.62. The predicted molar refractivity (Wildman–Crippen MR) is 75.0 cm³/mol. The van der Waals surface area contributed by atoms with E-state index < -0.39 is 4.92 Å². The zero-order valence-corrected chi connectivity index (χ0v) is 11.9. The van der Waals surface area contributed by atoms with Crippen LogP contribution in [0.15, 0.2) is 28.9 Å². The summed E-state index contributed by atoms with van der Waals surface area (Å²) in [7, 11) is 0. The summed E-state index contributed by atoms with van der Waals surface area (Å²) in [5.74, 6) is 0. The van der Waals surface area contributed by atoms with E-state index in [0.29, 0.717) is 11.0 Å². The van der Waals surface area contributed by atoms with Crippen molar-refractivity contribution in [2.24, 2.45) is 0 Å². The highest BCUT2D eigenvalue weighted by Crippen LogP contribution is 2.28. The molecule has 0 bridgehead atoms. The Labute approximate surface area is 116 Å². The summed E-state index contributed by atoms with van der Waals surface area (Å²) in [6, 6.07) is 4.87. The van der Waals surface area contributed by atoms with E-state index in [2.05, 4.69) is 26.2 Å². The van der Waals surface area contributed by atoms with Gasteiger partial charge in [-0.3, -0.25) is 10.1 Å². The predicted octanol–water partition coefficient (Wildman–Crippen LogP) is 3.73. The maximum Gasteiger partial charge on any atom is 0.283 e. The van der Waals surface area contributed by atoms with Crippen LogP contribution < -0.4 is 5.32 Å². The molecule has 0 spiro atoms. The monoisotopic (exact) mass is 327 g/mol. The normalized spacial score (nSPS) is 10.3. The molecule has 5 nitrogen and oxygen atoms in total. The lowest BCUT2D eigenvalue weighted by atomic mass is 10.3. The summed E-state index contributed by atoms with van der Waals surface area (Å²) < 4.78 is 0.470. The summed E-state index contributed by atoms with van der Waals surface area (Å²) in [5, 5.41) is 14.9. The molecule has 0 aliphatic rings. The number of anilines is 1. The molecular formula is C11H10BrN3O2S. The highest BCUT2D eigenvalue weighted by molar-refractivity contribution is 9.10. The third kappa shape index (κ3) is 3.05. The average Bonchev–Trinajstić information content (AvgIpc) is 2.72. The van der Waals surface area contributed by atoms with Gasteiger partial charge in [0.15, 0.2) is 0 Å². The number of aryl methyl sites for hydroxylation is 1. The Hall–Kier alpha value is -1.47. The molecule has 0 amide bonds. The van der Waals surface area contributed by atoms with E-state index in [9.17, 15) is 10.1 Å². The molecule has 0 aliphatic heterocycles. The molecule has 94 valence electrons. The van der Waals surface area contributed by atoms with Gasteiger partial charge in [-0.1, -0.05) is 0 Å². The minimum atomic E-state index is -0.416. The number of thiazole rings is 1. The Kier molecular flexibility index (Phi) is 3.93. The number of nitro benzene ring substituents is 1. The molecule has 0 unspecified atom stereocenters. The standard InChI is InChI=1S/C11H10BrN3O2S/c1-7-13-5-9(18-7)6-14-8-2-3-11(15(16)17)10(12)4-8/h2-5,14H,6H2,1H3. The topological polar surface area (TPSA) is 68.1 Å². The number of halogens is 1. The van der Waals surface area contributed by atoms with Gasteiger partial charge in [-0.25, -0.2) is 4.98 Å². The molecule has 0 saturated carbocycles. The first-order chi connectivity index (χ1) is 8.56. The highest BCUT2D eigenvalue weighted by Gasteiger charge is 2.11. The molecule has 18 heavy (non-hydrogen) atoms. The first-order valence-corrected chi connectivity index (χ1v) is 6.76. The minimum Gasteiger partial charge on any atom is -0.380 e. The molecule has 7 heteroatoms. The van der Waals surface area contributed by atoms with Gasteiger partial charge in [-0.2, -0.15) is 0 Å². The van der Waals surface area contributed by atoms with E-state index in [4.69, 9.17) is 0 Å². The number of aromatic nitrogens is 1. The van der Waals surface area contributed by atoms with Crippen molar-refractivity contribution < 1.29 is 4.92 Å². The van der Waals surface area contributed by atoms with E-state index in [-0.39, 0.29) is 5.69 Å². The van der Waals surface area contributed by atoms with Crippen LogP contribution in [0.1, 0.15) is 9.88 Å². The second-order valence-corrected chi connectivity index (χ2v) is 5.80.